The van der Waals surface area contributed by atoms with Crippen molar-refractivity contribution >= 4 is 17.9 Å². The summed E-state index contributed by atoms with van der Waals surface area (Å²) >= 11 is 0. The summed E-state index contributed by atoms with van der Waals surface area (Å²) in [6.45, 7) is 2.14. The summed E-state index contributed by atoms with van der Waals surface area (Å²) < 4.78 is 20.5. The Bertz CT molecular complexity index is 663. The highest BCUT2D eigenvalue weighted by atomic mass is 16.6. The van der Waals surface area contributed by atoms with E-state index in [9.17, 15) is 19.5 Å². The summed E-state index contributed by atoms with van der Waals surface area (Å²) in [6, 6.07) is 5.01. The van der Waals surface area contributed by atoms with E-state index in [1.165, 1.54) is 12.1 Å². The maximum atomic E-state index is 12.0. The zero-order valence-corrected chi connectivity index (χ0v) is 17.0. The predicted molar refractivity (Wildman–Crippen MR) is 105 cm³/mol. The second-order valence-corrected chi connectivity index (χ2v) is 6.47. The molecule has 4 N–H and O–H groups in total. The third-order valence-corrected chi connectivity index (χ3v) is 4.14. The van der Waals surface area contributed by atoms with Crippen molar-refractivity contribution in [1.82, 2.24) is 0 Å². The van der Waals surface area contributed by atoms with Crippen LogP contribution in [-0.4, -0.2) is 80.9 Å². The van der Waals surface area contributed by atoms with Crippen molar-refractivity contribution in [3.05, 3.63) is 35.4 Å². The minimum Gasteiger partial charge on any atom is -0.481 e. The van der Waals surface area contributed by atoms with Gasteiger partial charge in [0.25, 0.3) is 0 Å². The lowest BCUT2D eigenvalue weighted by Gasteiger charge is -2.15. The summed E-state index contributed by atoms with van der Waals surface area (Å²) in [5.74, 6) is -3.84. The molecule has 0 spiro atoms. The minimum atomic E-state index is -1.25. The number of carboxylic acids is 2. The number of carbonyl (C=O) groups excluding carboxylic acids is 1. The molecule has 0 aliphatic carbocycles. The highest BCUT2D eigenvalue weighted by molar-refractivity contribution is 5.89. The van der Waals surface area contributed by atoms with E-state index < -0.39 is 29.9 Å². The van der Waals surface area contributed by atoms with Gasteiger partial charge in [-0.3, -0.25) is 9.59 Å². The topological polar surface area (TPSA) is 155 Å². The maximum absolute atomic E-state index is 12.0. The number of methoxy groups -OCH3 is 1. The number of carboxylic acid groups (broad SMARTS) is 2. The van der Waals surface area contributed by atoms with Crippen molar-refractivity contribution in [3.8, 4) is 0 Å². The number of nitrogens with two attached hydrogens (primary N) is 1. The molecule has 10 heteroatoms. The number of esters is 1. The van der Waals surface area contributed by atoms with Gasteiger partial charge in [-0.2, -0.15) is 0 Å². The molecule has 0 amide bonds. The van der Waals surface area contributed by atoms with Gasteiger partial charge in [0.05, 0.1) is 44.5 Å². The Morgan fingerprint density at radius 2 is 1.47 bits per heavy atom. The van der Waals surface area contributed by atoms with Crippen LogP contribution >= 0.6 is 0 Å². The molecule has 2 atom stereocenters. The molecule has 30 heavy (non-hydrogen) atoms. The summed E-state index contributed by atoms with van der Waals surface area (Å²) in [7, 11) is 1.59. The van der Waals surface area contributed by atoms with E-state index in [1.807, 2.05) is 0 Å². The summed E-state index contributed by atoms with van der Waals surface area (Å²) in [4.78, 5) is 34.2. The highest BCUT2D eigenvalue weighted by Gasteiger charge is 2.24. The molecule has 168 valence electrons. The molecule has 0 bridgehead atoms. The van der Waals surface area contributed by atoms with Crippen molar-refractivity contribution in [2.45, 2.75) is 18.9 Å². The second-order valence-electron chi connectivity index (χ2n) is 6.47. The van der Waals surface area contributed by atoms with E-state index in [-0.39, 0.29) is 26.1 Å². The Balaban J connectivity index is 2.37. The fourth-order valence-electron chi connectivity index (χ4n) is 2.48. The molecular weight excluding hydrogens is 398 g/mol. The van der Waals surface area contributed by atoms with Gasteiger partial charge >= 0.3 is 17.9 Å². The molecule has 1 aromatic rings. The number of hydrogen-bond donors (Lipinski definition) is 3. The summed E-state index contributed by atoms with van der Waals surface area (Å²) in [5, 5.41) is 18.1. The molecule has 0 aliphatic rings. The van der Waals surface area contributed by atoms with Gasteiger partial charge in [-0.05, 0) is 30.5 Å². The Kier molecular flexibility index (Phi) is 12.3. The molecule has 1 unspecified atom stereocenters. The van der Waals surface area contributed by atoms with Gasteiger partial charge < -0.3 is 34.9 Å². The van der Waals surface area contributed by atoms with Gasteiger partial charge in [0.1, 0.15) is 12.6 Å². The van der Waals surface area contributed by atoms with Crippen LogP contribution in [0.2, 0.25) is 0 Å². The number of rotatable bonds is 16. The molecule has 0 radical (unpaired) electrons. The molecule has 0 heterocycles. The van der Waals surface area contributed by atoms with Crippen molar-refractivity contribution in [2.75, 3.05) is 46.8 Å². The summed E-state index contributed by atoms with van der Waals surface area (Å²) in [5.41, 5.74) is 6.39. The lowest BCUT2D eigenvalue weighted by Crippen LogP contribution is -2.35. The van der Waals surface area contributed by atoms with Crippen LogP contribution in [0.1, 0.15) is 22.3 Å². The normalized spacial score (nSPS) is 12.9. The molecule has 1 rings (SSSR count). The van der Waals surface area contributed by atoms with E-state index in [0.717, 1.165) is 0 Å². The van der Waals surface area contributed by atoms with Crippen molar-refractivity contribution in [1.29, 1.82) is 0 Å². The molecule has 0 saturated carbocycles. The molecule has 1 aromatic carbocycles. The van der Waals surface area contributed by atoms with E-state index in [2.05, 4.69) is 0 Å². The molecule has 0 aliphatic heterocycles. The molecule has 0 saturated heterocycles. The Morgan fingerprint density at radius 1 is 0.900 bits per heavy atom. The van der Waals surface area contributed by atoms with Crippen molar-refractivity contribution in [3.63, 3.8) is 0 Å². The molecule has 0 aromatic heterocycles. The first-order valence-corrected chi connectivity index (χ1v) is 9.46. The van der Waals surface area contributed by atoms with Crippen LogP contribution in [-0.2, 0) is 35.0 Å². The van der Waals surface area contributed by atoms with E-state index >= 15 is 0 Å². The van der Waals surface area contributed by atoms with Crippen molar-refractivity contribution in [2.24, 2.45) is 11.7 Å². The van der Waals surface area contributed by atoms with Crippen LogP contribution in [0.25, 0.3) is 0 Å². The van der Waals surface area contributed by atoms with Crippen molar-refractivity contribution < 1.29 is 43.5 Å². The average Bonchev–Trinajstić information content (AvgIpc) is 2.72. The summed E-state index contributed by atoms with van der Waals surface area (Å²) in [6.07, 6.45) is -0.0855. The fourth-order valence-corrected chi connectivity index (χ4v) is 2.48. The number of aliphatic carboxylic acids is 2. The minimum absolute atomic E-state index is 0.0901. The van der Waals surface area contributed by atoms with E-state index in [0.29, 0.717) is 37.6 Å². The molecule has 10 nitrogen and oxygen atoms in total. The van der Waals surface area contributed by atoms with Crippen LogP contribution in [0, 0.1) is 5.92 Å². The van der Waals surface area contributed by atoms with E-state index in [1.54, 1.807) is 19.2 Å². The van der Waals surface area contributed by atoms with Crippen LogP contribution < -0.4 is 5.73 Å². The van der Waals surface area contributed by atoms with Gasteiger partial charge in [-0.1, -0.05) is 12.1 Å². The van der Waals surface area contributed by atoms with Gasteiger partial charge in [-0.25, -0.2) is 4.79 Å². The standard InChI is InChI=1S/C20H29NO9/c1-27-6-7-28-8-9-29-10-11-30-20(26)15-4-2-14(3-5-15)12-16(18(22)23)13-17(21)19(24)25/h2-5,16-17H,6-13,21H2,1H3,(H,22,23)(H,24,25)/t16?,17-/m0/s1. The number of benzene rings is 1. The number of hydrogen-bond acceptors (Lipinski definition) is 8. The first kappa shape index (κ1) is 25.5. The van der Waals surface area contributed by atoms with Gasteiger partial charge in [0.15, 0.2) is 0 Å². The van der Waals surface area contributed by atoms with Crippen LogP contribution in [0.3, 0.4) is 0 Å². The Hall–Kier alpha value is -2.53. The number of carbonyl (C=O) groups is 3. The van der Waals surface area contributed by atoms with Crippen LogP contribution in [0.15, 0.2) is 24.3 Å². The van der Waals surface area contributed by atoms with Gasteiger partial charge in [0.2, 0.25) is 0 Å². The fraction of sp³-hybridized carbons (Fsp3) is 0.550. The molecular formula is C20H29NO9. The maximum Gasteiger partial charge on any atom is 0.338 e. The van der Waals surface area contributed by atoms with Crippen LogP contribution in [0.5, 0.6) is 0 Å². The zero-order chi connectivity index (χ0) is 22.4. The third kappa shape index (κ3) is 10.3. The average molecular weight is 427 g/mol. The monoisotopic (exact) mass is 427 g/mol. The first-order chi connectivity index (χ1) is 14.3. The SMILES string of the molecule is COCCOCCOCCOC(=O)c1ccc(CC(C[C@H](N)C(=O)O)C(=O)O)cc1. The van der Waals surface area contributed by atoms with Gasteiger partial charge in [-0.15, -0.1) is 0 Å². The van der Waals surface area contributed by atoms with Crippen LogP contribution in [0.4, 0.5) is 0 Å². The Morgan fingerprint density at radius 3 is 2.00 bits per heavy atom. The smallest absolute Gasteiger partial charge is 0.338 e. The zero-order valence-electron chi connectivity index (χ0n) is 17.0. The lowest BCUT2D eigenvalue weighted by atomic mass is 9.92. The number of ether oxygens (including phenoxy) is 4. The second kappa shape index (κ2) is 14.5. The lowest BCUT2D eigenvalue weighted by molar-refractivity contribution is -0.143. The third-order valence-electron chi connectivity index (χ3n) is 4.14. The highest BCUT2D eigenvalue weighted by Crippen LogP contribution is 2.16. The van der Waals surface area contributed by atoms with Gasteiger partial charge in [0, 0.05) is 7.11 Å². The molecule has 0 fully saturated rings. The Labute approximate surface area is 174 Å². The van der Waals surface area contributed by atoms with E-state index in [4.69, 9.17) is 29.8 Å². The quantitative estimate of drug-likeness (QED) is 0.252. The predicted octanol–water partition coefficient (Wildman–Crippen LogP) is 0.568. The first-order valence-electron chi connectivity index (χ1n) is 9.46. The largest absolute Gasteiger partial charge is 0.481 e.